The van der Waals surface area contributed by atoms with Gasteiger partial charge in [0.05, 0.1) is 0 Å². The second-order valence-corrected chi connectivity index (χ2v) is 9.01. The molecule has 0 atom stereocenters. The lowest BCUT2D eigenvalue weighted by Crippen LogP contribution is -2.14. The van der Waals surface area contributed by atoms with Gasteiger partial charge in [0.25, 0.3) is 0 Å². The number of carbonyl (C=O) groups excluding carboxylic acids is 4. The molecule has 0 aromatic heterocycles. The standard InChI is InChI=1S/C15H21N3O3.C8H11N3O.C6H9N3/c1-4-13(19)16-10-7-11(17-14(20)5-2)9-12(8-10)18-15(21)6-3;1-5(12)11-8-3-6(9)2-7(10)4-8;7-4-1-5(8)3-6(9)2-4/h7-9H,4-6H2,1-3H3,(H,16,19)(H,17,20)(H,18,21);2-4H,9-10H2,1H3,(H,11,12);1-3H,7-9H2. The molecule has 0 spiro atoms. The van der Waals surface area contributed by atoms with Gasteiger partial charge in [-0.3, -0.25) is 19.2 Å². The van der Waals surface area contributed by atoms with Gasteiger partial charge in [-0.25, -0.2) is 0 Å². The number of amides is 4. The topological polar surface area (TPSA) is 247 Å². The highest BCUT2D eigenvalue weighted by Gasteiger charge is 2.08. The van der Waals surface area contributed by atoms with E-state index in [1.807, 2.05) is 0 Å². The molecular weight excluding hydrogens is 538 g/mol. The fourth-order valence-corrected chi connectivity index (χ4v) is 3.25. The number of anilines is 9. The number of hydrogen-bond donors (Lipinski definition) is 9. The lowest BCUT2D eigenvalue weighted by Gasteiger charge is -2.12. The van der Waals surface area contributed by atoms with Gasteiger partial charge in [-0.1, -0.05) is 20.8 Å². The van der Waals surface area contributed by atoms with Crippen molar-refractivity contribution in [3.8, 4) is 0 Å². The van der Waals surface area contributed by atoms with Crippen LogP contribution in [0.1, 0.15) is 47.0 Å². The van der Waals surface area contributed by atoms with Crippen LogP contribution in [0.4, 0.5) is 51.2 Å². The van der Waals surface area contributed by atoms with E-state index in [1.54, 1.807) is 75.4 Å². The summed E-state index contributed by atoms with van der Waals surface area (Å²) < 4.78 is 0. The van der Waals surface area contributed by atoms with Gasteiger partial charge in [-0.05, 0) is 54.6 Å². The quantitative estimate of drug-likeness (QED) is 0.183. The number of nitrogens with one attached hydrogen (secondary N) is 4. The minimum absolute atomic E-state index is 0.137. The Bertz CT molecular complexity index is 1230. The lowest BCUT2D eigenvalue weighted by atomic mass is 10.2. The second kappa shape index (κ2) is 17.3. The first kappa shape index (κ1) is 34.6. The molecule has 0 saturated heterocycles. The van der Waals surface area contributed by atoms with E-state index in [0.717, 1.165) is 0 Å². The van der Waals surface area contributed by atoms with Crippen LogP contribution in [0, 0.1) is 0 Å². The Morgan fingerprint density at radius 1 is 0.452 bits per heavy atom. The van der Waals surface area contributed by atoms with Crippen LogP contribution in [-0.4, -0.2) is 23.6 Å². The Morgan fingerprint density at radius 3 is 0.929 bits per heavy atom. The van der Waals surface area contributed by atoms with E-state index in [1.165, 1.54) is 6.92 Å². The minimum Gasteiger partial charge on any atom is -0.399 e. The average Bonchev–Trinajstić information content (AvgIpc) is 2.87. The molecule has 13 heteroatoms. The van der Waals surface area contributed by atoms with E-state index in [2.05, 4.69) is 21.3 Å². The van der Waals surface area contributed by atoms with Gasteiger partial charge < -0.3 is 49.9 Å². The SMILES string of the molecule is CC(=O)Nc1cc(N)cc(N)c1.CCC(=O)Nc1cc(NC(=O)CC)cc(NC(=O)CC)c1.Nc1cc(N)cc(N)c1. The average molecular weight is 580 g/mol. The maximum atomic E-state index is 11.5. The van der Waals surface area contributed by atoms with Crippen molar-refractivity contribution in [1.82, 2.24) is 0 Å². The van der Waals surface area contributed by atoms with Gasteiger partial charge in [-0.2, -0.15) is 0 Å². The molecule has 0 saturated carbocycles. The Kier molecular flexibility index (Phi) is 14.2. The van der Waals surface area contributed by atoms with E-state index in [0.29, 0.717) is 70.4 Å². The molecule has 42 heavy (non-hydrogen) atoms. The number of hydrogen-bond acceptors (Lipinski definition) is 9. The summed E-state index contributed by atoms with van der Waals surface area (Å²) in [6, 6.07) is 14.9. The zero-order chi connectivity index (χ0) is 31.8. The Hall–Kier alpha value is -5.46. The van der Waals surface area contributed by atoms with E-state index in [4.69, 9.17) is 28.7 Å². The Balaban J connectivity index is 0.000000351. The summed E-state index contributed by atoms with van der Waals surface area (Å²) in [4.78, 5) is 45.1. The Morgan fingerprint density at radius 2 is 0.690 bits per heavy atom. The van der Waals surface area contributed by atoms with Gasteiger partial charge in [0, 0.05) is 77.4 Å². The minimum atomic E-state index is -0.139. The largest absolute Gasteiger partial charge is 0.399 e. The molecule has 0 bridgehead atoms. The second-order valence-electron chi connectivity index (χ2n) is 9.01. The molecular formula is C29H41N9O4. The van der Waals surface area contributed by atoms with Crippen LogP contribution in [0.15, 0.2) is 54.6 Å². The molecule has 3 aromatic carbocycles. The zero-order valence-corrected chi connectivity index (χ0v) is 24.3. The van der Waals surface area contributed by atoms with Crippen LogP contribution in [0.5, 0.6) is 0 Å². The molecule has 0 heterocycles. The van der Waals surface area contributed by atoms with Gasteiger partial charge in [0.2, 0.25) is 23.6 Å². The van der Waals surface area contributed by atoms with Crippen LogP contribution < -0.4 is 49.9 Å². The summed E-state index contributed by atoms with van der Waals surface area (Å²) in [6.07, 6.45) is 1.05. The molecule has 0 unspecified atom stereocenters. The maximum Gasteiger partial charge on any atom is 0.224 e. The first-order valence-corrected chi connectivity index (χ1v) is 13.1. The summed E-state index contributed by atoms with van der Waals surface area (Å²) in [5.41, 5.74) is 32.3. The summed E-state index contributed by atoms with van der Waals surface area (Å²) in [7, 11) is 0. The number of nitrogen functional groups attached to an aromatic ring is 5. The van der Waals surface area contributed by atoms with Gasteiger partial charge in [0.15, 0.2) is 0 Å². The van der Waals surface area contributed by atoms with Crippen molar-refractivity contribution in [2.24, 2.45) is 0 Å². The molecule has 0 aliphatic rings. The van der Waals surface area contributed by atoms with Crippen molar-refractivity contribution >= 4 is 74.8 Å². The number of rotatable bonds is 7. The molecule has 3 aromatic rings. The zero-order valence-electron chi connectivity index (χ0n) is 24.3. The highest BCUT2D eigenvalue weighted by atomic mass is 16.2. The van der Waals surface area contributed by atoms with Crippen LogP contribution in [-0.2, 0) is 19.2 Å². The lowest BCUT2D eigenvalue weighted by molar-refractivity contribution is -0.116. The van der Waals surface area contributed by atoms with E-state index in [-0.39, 0.29) is 23.6 Å². The van der Waals surface area contributed by atoms with Crippen molar-refractivity contribution < 1.29 is 19.2 Å². The smallest absolute Gasteiger partial charge is 0.224 e. The molecule has 226 valence electrons. The van der Waals surface area contributed by atoms with Crippen LogP contribution in [0.2, 0.25) is 0 Å². The van der Waals surface area contributed by atoms with Crippen molar-refractivity contribution in [3.63, 3.8) is 0 Å². The maximum absolute atomic E-state index is 11.5. The van der Waals surface area contributed by atoms with Crippen LogP contribution in [0.3, 0.4) is 0 Å². The van der Waals surface area contributed by atoms with Crippen LogP contribution in [0.25, 0.3) is 0 Å². The van der Waals surface area contributed by atoms with Crippen molar-refractivity contribution in [1.29, 1.82) is 0 Å². The number of benzene rings is 3. The predicted molar refractivity (Wildman–Crippen MR) is 172 cm³/mol. The molecule has 4 amide bonds. The third-order valence-corrected chi connectivity index (χ3v) is 5.05. The summed E-state index contributed by atoms with van der Waals surface area (Å²) in [5, 5.41) is 10.7. The third-order valence-electron chi connectivity index (χ3n) is 5.05. The highest BCUT2D eigenvalue weighted by Crippen LogP contribution is 2.23. The van der Waals surface area contributed by atoms with Crippen molar-refractivity contribution in [2.75, 3.05) is 49.9 Å². The normalized spacial score (nSPS) is 9.62. The predicted octanol–water partition coefficient (Wildman–Crippen LogP) is 3.97. The van der Waals surface area contributed by atoms with E-state index < -0.39 is 0 Å². The van der Waals surface area contributed by atoms with Crippen molar-refractivity contribution in [3.05, 3.63) is 54.6 Å². The fraction of sp³-hybridized carbons (Fsp3) is 0.241. The summed E-state index contributed by atoms with van der Waals surface area (Å²) in [6.45, 7) is 6.67. The first-order valence-electron chi connectivity index (χ1n) is 13.1. The first-order chi connectivity index (χ1) is 19.7. The molecule has 0 aliphatic heterocycles. The summed E-state index contributed by atoms with van der Waals surface area (Å²) in [5.74, 6) is -0.551. The van der Waals surface area contributed by atoms with E-state index in [9.17, 15) is 19.2 Å². The fourth-order valence-electron chi connectivity index (χ4n) is 3.25. The highest BCUT2D eigenvalue weighted by molar-refractivity contribution is 5.97. The molecule has 0 fully saturated rings. The molecule has 13 nitrogen and oxygen atoms in total. The number of carbonyl (C=O) groups is 4. The Labute approximate surface area is 245 Å². The number of nitrogens with two attached hydrogens (primary N) is 5. The van der Waals surface area contributed by atoms with Crippen molar-refractivity contribution in [2.45, 2.75) is 47.0 Å². The molecule has 14 N–H and O–H groups in total. The third kappa shape index (κ3) is 14.1. The van der Waals surface area contributed by atoms with Gasteiger partial charge in [-0.15, -0.1) is 0 Å². The monoisotopic (exact) mass is 579 g/mol. The van der Waals surface area contributed by atoms with Gasteiger partial charge >= 0.3 is 0 Å². The summed E-state index contributed by atoms with van der Waals surface area (Å²) >= 11 is 0. The van der Waals surface area contributed by atoms with E-state index >= 15 is 0 Å². The molecule has 0 aliphatic carbocycles. The van der Waals surface area contributed by atoms with Gasteiger partial charge in [0.1, 0.15) is 0 Å². The molecule has 3 rings (SSSR count). The van der Waals surface area contributed by atoms with Crippen LogP contribution >= 0.6 is 0 Å². The molecule has 0 radical (unpaired) electrons.